The van der Waals surface area contributed by atoms with E-state index in [0.717, 1.165) is 26.2 Å². The lowest BCUT2D eigenvalue weighted by molar-refractivity contribution is 0.165. The molecule has 2 aromatic rings. The Kier molecular flexibility index (Phi) is 4.54. The summed E-state index contributed by atoms with van der Waals surface area (Å²) in [6.07, 6.45) is 3.72. The number of aryl methyl sites for hydroxylation is 2. The van der Waals surface area contributed by atoms with E-state index >= 15 is 0 Å². The van der Waals surface area contributed by atoms with E-state index < -0.39 is 0 Å². The Morgan fingerprint density at radius 3 is 2.62 bits per heavy atom. The zero-order valence-electron chi connectivity index (χ0n) is 14.2. The number of benzene rings is 2. The number of aliphatic hydroxyl groups excluding tert-OH is 1. The van der Waals surface area contributed by atoms with Crippen molar-refractivity contribution in [3.05, 3.63) is 65.2 Å². The number of nitrogens with zero attached hydrogens (tertiary/aromatic N) is 2. The number of hydrogen-bond donors (Lipinski definition) is 1. The molecule has 1 atom stereocenters. The van der Waals surface area contributed by atoms with Gasteiger partial charge in [-0.05, 0) is 48.1 Å². The van der Waals surface area contributed by atoms with Gasteiger partial charge in [-0.3, -0.25) is 4.90 Å². The average molecular weight is 322 g/mol. The van der Waals surface area contributed by atoms with Gasteiger partial charge in [-0.15, -0.1) is 0 Å². The van der Waals surface area contributed by atoms with Crippen LogP contribution in [0.1, 0.15) is 23.1 Å². The van der Waals surface area contributed by atoms with Crippen LogP contribution in [0, 0.1) is 0 Å². The third-order valence-corrected chi connectivity index (χ3v) is 5.44. The van der Waals surface area contributed by atoms with Crippen LogP contribution in [0.3, 0.4) is 0 Å². The van der Waals surface area contributed by atoms with Gasteiger partial charge in [0.15, 0.2) is 0 Å². The van der Waals surface area contributed by atoms with Gasteiger partial charge in [-0.1, -0.05) is 36.4 Å². The summed E-state index contributed by atoms with van der Waals surface area (Å²) in [7, 11) is 0. The molecule has 1 N–H and O–H groups in total. The van der Waals surface area contributed by atoms with Crippen molar-refractivity contribution in [2.45, 2.75) is 31.8 Å². The van der Waals surface area contributed by atoms with Crippen LogP contribution < -0.4 is 4.90 Å². The topological polar surface area (TPSA) is 26.7 Å². The highest BCUT2D eigenvalue weighted by Crippen LogP contribution is 2.29. The predicted octanol–water partition coefficient (Wildman–Crippen LogP) is 2.86. The Morgan fingerprint density at radius 1 is 0.958 bits per heavy atom. The van der Waals surface area contributed by atoms with Crippen LogP contribution in [0.4, 0.5) is 5.69 Å². The molecule has 3 nitrogen and oxygen atoms in total. The summed E-state index contributed by atoms with van der Waals surface area (Å²) in [5.74, 6) is 0. The van der Waals surface area contributed by atoms with Gasteiger partial charge in [0.2, 0.25) is 0 Å². The molecule has 1 heterocycles. The van der Waals surface area contributed by atoms with E-state index in [2.05, 4.69) is 58.3 Å². The zero-order chi connectivity index (χ0) is 16.4. The highest BCUT2D eigenvalue weighted by atomic mass is 16.3. The molecule has 0 radical (unpaired) electrons. The van der Waals surface area contributed by atoms with E-state index in [1.165, 1.54) is 41.6 Å². The van der Waals surface area contributed by atoms with Crippen LogP contribution in [-0.4, -0.2) is 42.3 Å². The molecule has 0 aromatic heterocycles. The summed E-state index contributed by atoms with van der Waals surface area (Å²) >= 11 is 0. The summed E-state index contributed by atoms with van der Waals surface area (Å²) in [6.45, 7) is 4.12. The van der Waals surface area contributed by atoms with Crippen LogP contribution in [0.25, 0.3) is 0 Å². The van der Waals surface area contributed by atoms with Crippen molar-refractivity contribution in [1.29, 1.82) is 0 Å². The molecule has 0 saturated carbocycles. The fourth-order valence-corrected chi connectivity index (χ4v) is 4.14. The maximum Gasteiger partial charge on any atom is 0.0648 e. The quantitative estimate of drug-likeness (QED) is 0.938. The SMILES string of the molecule is OCC1CN(Cc2ccccc2)CCN1c1ccc2c(c1)CCC2. The lowest BCUT2D eigenvalue weighted by atomic mass is 10.1. The third-order valence-electron chi connectivity index (χ3n) is 5.44. The van der Waals surface area contributed by atoms with Gasteiger partial charge >= 0.3 is 0 Å². The molecule has 0 spiro atoms. The number of aliphatic hydroxyl groups is 1. The highest BCUT2D eigenvalue weighted by molar-refractivity contribution is 5.53. The molecular formula is C21H26N2O. The first kappa shape index (κ1) is 15.7. The maximum absolute atomic E-state index is 9.93. The van der Waals surface area contributed by atoms with Crippen molar-refractivity contribution < 1.29 is 5.11 Å². The molecule has 1 saturated heterocycles. The zero-order valence-corrected chi connectivity index (χ0v) is 14.2. The first-order valence-corrected chi connectivity index (χ1v) is 9.09. The fraction of sp³-hybridized carbons (Fsp3) is 0.429. The number of anilines is 1. The molecule has 24 heavy (non-hydrogen) atoms. The number of rotatable bonds is 4. The summed E-state index contributed by atoms with van der Waals surface area (Å²) in [5, 5.41) is 9.93. The van der Waals surface area contributed by atoms with Gasteiger partial charge in [0, 0.05) is 31.9 Å². The van der Waals surface area contributed by atoms with E-state index in [1.807, 2.05) is 0 Å². The van der Waals surface area contributed by atoms with E-state index in [1.54, 1.807) is 0 Å². The van der Waals surface area contributed by atoms with Crippen molar-refractivity contribution in [2.24, 2.45) is 0 Å². The van der Waals surface area contributed by atoms with E-state index in [4.69, 9.17) is 0 Å². The molecule has 126 valence electrons. The minimum atomic E-state index is 0.182. The van der Waals surface area contributed by atoms with E-state index in [9.17, 15) is 5.11 Å². The fourth-order valence-electron chi connectivity index (χ4n) is 4.14. The van der Waals surface area contributed by atoms with Gasteiger partial charge < -0.3 is 10.0 Å². The average Bonchev–Trinajstić information content (AvgIpc) is 3.10. The molecule has 2 aliphatic rings. The van der Waals surface area contributed by atoms with Crippen molar-refractivity contribution in [1.82, 2.24) is 4.90 Å². The van der Waals surface area contributed by atoms with E-state index in [-0.39, 0.29) is 12.6 Å². The van der Waals surface area contributed by atoms with Gasteiger partial charge in [0.25, 0.3) is 0 Å². The molecule has 0 bridgehead atoms. The Hall–Kier alpha value is -1.84. The summed E-state index contributed by atoms with van der Waals surface area (Å²) in [6, 6.07) is 17.7. The van der Waals surface area contributed by atoms with Gasteiger partial charge in [0.05, 0.1) is 12.6 Å². The summed E-state index contributed by atoms with van der Waals surface area (Å²) < 4.78 is 0. The largest absolute Gasteiger partial charge is 0.394 e. The maximum atomic E-state index is 9.93. The Balaban J connectivity index is 1.46. The Bertz CT molecular complexity index is 685. The Morgan fingerprint density at radius 2 is 1.79 bits per heavy atom. The second-order valence-corrected chi connectivity index (χ2v) is 7.06. The van der Waals surface area contributed by atoms with Crippen molar-refractivity contribution in [2.75, 3.05) is 31.1 Å². The minimum absolute atomic E-state index is 0.182. The van der Waals surface area contributed by atoms with Gasteiger partial charge in [-0.2, -0.15) is 0 Å². The minimum Gasteiger partial charge on any atom is -0.394 e. The van der Waals surface area contributed by atoms with Gasteiger partial charge in [0.1, 0.15) is 0 Å². The normalized spacial score (nSPS) is 21.0. The Labute approximate surface area is 144 Å². The molecule has 1 unspecified atom stereocenters. The number of hydrogen-bond acceptors (Lipinski definition) is 3. The molecular weight excluding hydrogens is 296 g/mol. The van der Waals surface area contributed by atoms with Crippen molar-refractivity contribution in [3.8, 4) is 0 Å². The second kappa shape index (κ2) is 6.96. The van der Waals surface area contributed by atoms with Crippen LogP contribution in [0.2, 0.25) is 0 Å². The third kappa shape index (κ3) is 3.19. The molecule has 1 fully saturated rings. The predicted molar refractivity (Wildman–Crippen MR) is 98.4 cm³/mol. The summed E-state index contributed by atoms with van der Waals surface area (Å²) in [4.78, 5) is 4.86. The van der Waals surface area contributed by atoms with Crippen LogP contribution in [-0.2, 0) is 19.4 Å². The lowest BCUT2D eigenvalue weighted by Gasteiger charge is -2.42. The monoisotopic (exact) mass is 322 g/mol. The van der Waals surface area contributed by atoms with Crippen molar-refractivity contribution >= 4 is 5.69 Å². The highest BCUT2D eigenvalue weighted by Gasteiger charge is 2.27. The molecule has 4 rings (SSSR count). The van der Waals surface area contributed by atoms with Gasteiger partial charge in [-0.25, -0.2) is 0 Å². The lowest BCUT2D eigenvalue weighted by Crippen LogP contribution is -2.54. The first-order valence-electron chi connectivity index (χ1n) is 9.09. The number of piperazine rings is 1. The van der Waals surface area contributed by atoms with Crippen LogP contribution >= 0.6 is 0 Å². The molecule has 1 aliphatic carbocycles. The van der Waals surface area contributed by atoms with E-state index in [0.29, 0.717) is 0 Å². The molecule has 0 amide bonds. The standard InChI is InChI=1S/C21H26N2O/c24-16-21-15-22(14-17-5-2-1-3-6-17)11-12-23(21)20-10-9-18-7-4-8-19(18)13-20/h1-3,5-6,9-10,13,21,24H,4,7-8,11-12,14-16H2. The smallest absolute Gasteiger partial charge is 0.0648 e. The molecule has 3 heteroatoms. The molecule has 2 aromatic carbocycles. The second-order valence-electron chi connectivity index (χ2n) is 7.06. The first-order chi connectivity index (χ1) is 11.8. The number of fused-ring (bicyclic) bond motifs is 1. The summed E-state index contributed by atoms with van der Waals surface area (Å²) in [5.41, 5.74) is 5.66. The van der Waals surface area contributed by atoms with Crippen molar-refractivity contribution in [3.63, 3.8) is 0 Å². The molecule has 1 aliphatic heterocycles. The van der Waals surface area contributed by atoms with Crippen LogP contribution in [0.5, 0.6) is 0 Å². The van der Waals surface area contributed by atoms with Crippen LogP contribution in [0.15, 0.2) is 48.5 Å².